The Morgan fingerprint density at radius 2 is 2.00 bits per heavy atom. The van der Waals surface area contributed by atoms with Gasteiger partial charge < -0.3 is 20.1 Å². The van der Waals surface area contributed by atoms with E-state index in [0.29, 0.717) is 19.2 Å². The van der Waals surface area contributed by atoms with Crippen molar-refractivity contribution in [2.24, 2.45) is 0 Å². The number of rotatable bonds is 3. The first-order valence-electron chi connectivity index (χ1n) is 8.97. The Morgan fingerprint density at radius 1 is 1.28 bits per heavy atom. The van der Waals surface area contributed by atoms with Gasteiger partial charge in [-0.05, 0) is 64.7 Å². The van der Waals surface area contributed by atoms with Crippen LogP contribution in [0.4, 0.5) is 10.5 Å². The van der Waals surface area contributed by atoms with E-state index in [1.54, 1.807) is 4.90 Å². The SMILES string of the molecule is Cc1c(OC2CC2)ccc(N)c1C1=CCN(C(=O)OC(C)(C)C)CC1. The van der Waals surface area contributed by atoms with Crippen molar-refractivity contribution >= 4 is 17.4 Å². The number of nitrogen functional groups attached to an aromatic ring is 1. The summed E-state index contributed by atoms with van der Waals surface area (Å²) >= 11 is 0. The van der Waals surface area contributed by atoms with Crippen molar-refractivity contribution in [2.75, 3.05) is 18.8 Å². The van der Waals surface area contributed by atoms with Crippen LogP contribution in [0.2, 0.25) is 0 Å². The molecule has 1 amide bonds. The van der Waals surface area contributed by atoms with E-state index >= 15 is 0 Å². The Labute approximate surface area is 149 Å². The van der Waals surface area contributed by atoms with Gasteiger partial charge in [-0.3, -0.25) is 0 Å². The minimum atomic E-state index is -0.476. The van der Waals surface area contributed by atoms with Gasteiger partial charge in [-0.2, -0.15) is 0 Å². The summed E-state index contributed by atoms with van der Waals surface area (Å²) in [7, 11) is 0. The van der Waals surface area contributed by atoms with Crippen LogP contribution < -0.4 is 10.5 Å². The molecule has 1 aliphatic carbocycles. The number of nitrogens with two attached hydrogens (primary N) is 1. The van der Waals surface area contributed by atoms with E-state index in [1.165, 1.54) is 5.57 Å². The van der Waals surface area contributed by atoms with E-state index in [1.807, 2.05) is 32.9 Å². The lowest BCUT2D eigenvalue weighted by molar-refractivity contribution is 0.0270. The van der Waals surface area contributed by atoms with Gasteiger partial charge in [0.05, 0.1) is 6.10 Å². The second-order valence-corrected chi connectivity index (χ2v) is 7.88. The van der Waals surface area contributed by atoms with Gasteiger partial charge in [0.15, 0.2) is 0 Å². The number of amides is 1. The lowest BCUT2D eigenvalue weighted by Crippen LogP contribution is -2.39. The number of ether oxygens (including phenoxy) is 2. The summed E-state index contributed by atoms with van der Waals surface area (Å²) < 4.78 is 11.4. The Balaban J connectivity index is 1.76. The van der Waals surface area contributed by atoms with Crippen LogP contribution in [0.5, 0.6) is 5.75 Å². The molecule has 1 aliphatic heterocycles. The van der Waals surface area contributed by atoms with Gasteiger partial charge in [0.25, 0.3) is 0 Å². The number of hydrogen-bond donors (Lipinski definition) is 1. The van der Waals surface area contributed by atoms with Gasteiger partial charge >= 0.3 is 6.09 Å². The molecule has 1 saturated carbocycles. The van der Waals surface area contributed by atoms with Gasteiger partial charge in [0.2, 0.25) is 0 Å². The molecule has 1 heterocycles. The van der Waals surface area contributed by atoms with Crippen LogP contribution in [-0.2, 0) is 4.74 Å². The highest BCUT2D eigenvalue weighted by atomic mass is 16.6. The van der Waals surface area contributed by atoms with Crippen molar-refractivity contribution in [2.45, 2.75) is 58.7 Å². The second kappa shape index (κ2) is 6.62. The quantitative estimate of drug-likeness (QED) is 0.837. The van der Waals surface area contributed by atoms with Crippen molar-refractivity contribution < 1.29 is 14.3 Å². The zero-order valence-electron chi connectivity index (χ0n) is 15.6. The zero-order chi connectivity index (χ0) is 18.2. The molecule has 1 aromatic rings. The topological polar surface area (TPSA) is 64.8 Å². The van der Waals surface area contributed by atoms with Crippen molar-refractivity contribution in [3.63, 3.8) is 0 Å². The van der Waals surface area contributed by atoms with Gasteiger partial charge in [0, 0.05) is 29.9 Å². The molecule has 0 spiro atoms. The Bertz CT molecular complexity index is 700. The van der Waals surface area contributed by atoms with E-state index in [2.05, 4.69) is 13.0 Å². The number of anilines is 1. The predicted octanol–water partition coefficient (Wildman–Crippen LogP) is 4.14. The molecule has 136 valence electrons. The van der Waals surface area contributed by atoms with Crippen LogP contribution in [0.1, 0.15) is 51.2 Å². The third-order valence-corrected chi connectivity index (χ3v) is 4.45. The fourth-order valence-corrected chi connectivity index (χ4v) is 3.02. The summed E-state index contributed by atoms with van der Waals surface area (Å²) in [4.78, 5) is 13.9. The fourth-order valence-electron chi connectivity index (χ4n) is 3.02. The van der Waals surface area contributed by atoms with E-state index in [0.717, 1.165) is 41.8 Å². The number of nitrogens with zero attached hydrogens (tertiary/aromatic N) is 1. The molecule has 0 unspecified atom stereocenters. The normalized spacial score (nSPS) is 17.9. The fraction of sp³-hybridized carbons (Fsp3) is 0.550. The molecule has 0 saturated heterocycles. The summed E-state index contributed by atoms with van der Waals surface area (Å²) in [6.45, 7) is 8.87. The van der Waals surface area contributed by atoms with Crippen molar-refractivity contribution in [3.05, 3.63) is 29.3 Å². The third-order valence-electron chi connectivity index (χ3n) is 4.45. The molecule has 2 N–H and O–H groups in total. The smallest absolute Gasteiger partial charge is 0.410 e. The lowest BCUT2D eigenvalue weighted by atomic mass is 9.93. The zero-order valence-corrected chi connectivity index (χ0v) is 15.6. The first kappa shape index (κ1) is 17.6. The van der Waals surface area contributed by atoms with E-state index in [4.69, 9.17) is 15.2 Å². The van der Waals surface area contributed by atoms with E-state index in [9.17, 15) is 4.79 Å². The maximum atomic E-state index is 12.2. The van der Waals surface area contributed by atoms with Crippen LogP contribution >= 0.6 is 0 Å². The molecule has 1 aromatic carbocycles. The first-order valence-corrected chi connectivity index (χ1v) is 8.97. The van der Waals surface area contributed by atoms with Crippen LogP contribution in [0.3, 0.4) is 0 Å². The molecular formula is C20H28N2O3. The Morgan fingerprint density at radius 3 is 2.56 bits per heavy atom. The van der Waals surface area contributed by atoms with Gasteiger partial charge in [0.1, 0.15) is 11.4 Å². The summed E-state index contributed by atoms with van der Waals surface area (Å²) in [5, 5.41) is 0. The molecule has 2 aliphatic rings. The second-order valence-electron chi connectivity index (χ2n) is 7.88. The van der Waals surface area contributed by atoms with Gasteiger partial charge in [-0.25, -0.2) is 4.79 Å². The van der Waals surface area contributed by atoms with Crippen LogP contribution in [0, 0.1) is 6.92 Å². The standard InChI is InChI=1S/C20H28N2O3/c1-13-17(24-15-5-6-15)8-7-16(21)18(13)14-9-11-22(12-10-14)19(23)25-20(2,3)4/h7-9,15H,5-6,10-12,21H2,1-4H3. The molecule has 1 fully saturated rings. The van der Waals surface area contributed by atoms with Crippen molar-refractivity contribution in [3.8, 4) is 5.75 Å². The minimum absolute atomic E-state index is 0.265. The summed E-state index contributed by atoms with van der Waals surface area (Å²) in [5.41, 5.74) is 9.85. The maximum Gasteiger partial charge on any atom is 0.410 e. The lowest BCUT2D eigenvalue weighted by Gasteiger charge is -2.30. The monoisotopic (exact) mass is 344 g/mol. The van der Waals surface area contributed by atoms with Crippen molar-refractivity contribution in [1.82, 2.24) is 4.90 Å². The molecule has 5 nitrogen and oxygen atoms in total. The number of hydrogen-bond acceptors (Lipinski definition) is 4. The van der Waals surface area contributed by atoms with Gasteiger partial charge in [-0.1, -0.05) is 6.08 Å². The number of carbonyl (C=O) groups excluding carboxylic acids is 1. The molecular weight excluding hydrogens is 316 g/mol. The molecule has 5 heteroatoms. The molecule has 25 heavy (non-hydrogen) atoms. The van der Waals surface area contributed by atoms with Crippen LogP contribution in [-0.4, -0.2) is 35.8 Å². The van der Waals surface area contributed by atoms with Gasteiger partial charge in [-0.15, -0.1) is 0 Å². The van der Waals surface area contributed by atoms with E-state index in [-0.39, 0.29) is 6.09 Å². The first-order chi connectivity index (χ1) is 11.7. The van der Waals surface area contributed by atoms with Crippen molar-refractivity contribution in [1.29, 1.82) is 0 Å². The van der Waals surface area contributed by atoms with Crippen LogP contribution in [0.25, 0.3) is 5.57 Å². The average molecular weight is 344 g/mol. The highest BCUT2D eigenvalue weighted by molar-refractivity contribution is 5.81. The molecule has 0 radical (unpaired) electrons. The molecule has 0 atom stereocenters. The number of carbonyl (C=O) groups is 1. The Kier molecular flexibility index (Phi) is 4.67. The number of benzene rings is 1. The summed E-state index contributed by atoms with van der Waals surface area (Å²) in [6, 6.07) is 3.88. The maximum absolute atomic E-state index is 12.2. The largest absolute Gasteiger partial charge is 0.490 e. The summed E-state index contributed by atoms with van der Waals surface area (Å²) in [6.07, 6.45) is 5.19. The molecule has 0 aromatic heterocycles. The molecule has 0 bridgehead atoms. The van der Waals surface area contributed by atoms with Crippen LogP contribution in [0.15, 0.2) is 18.2 Å². The molecule has 3 rings (SSSR count). The third kappa shape index (κ3) is 4.27. The Hall–Kier alpha value is -2.17. The highest BCUT2D eigenvalue weighted by Crippen LogP contribution is 2.37. The minimum Gasteiger partial charge on any atom is -0.490 e. The van der Waals surface area contributed by atoms with E-state index < -0.39 is 5.60 Å². The highest BCUT2D eigenvalue weighted by Gasteiger charge is 2.27. The summed E-state index contributed by atoms with van der Waals surface area (Å²) in [5.74, 6) is 0.919. The average Bonchev–Trinajstić information content (AvgIpc) is 3.33. The predicted molar refractivity (Wildman–Crippen MR) is 99.6 cm³/mol.